The molecule has 1 aromatic carbocycles. The summed E-state index contributed by atoms with van der Waals surface area (Å²) in [5.41, 5.74) is -1.06. The molecule has 0 heterocycles. The molecule has 0 aliphatic rings. The molecule has 0 aliphatic heterocycles. The molecule has 0 bridgehead atoms. The summed E-state index contributed by atoms with van der Waals surface area (Å²) < 4.78 is 33.6. The summed E-state index contributed by atoms with van der Waals surface area (Å²) in [5.74, 6) is -0.989. The number of nitrogens with one attached hydrogen (secondary N) is 1. The molecule has 0 saturated heterocycles. The largest absolute Gasteiger partial charge is 0.472 e. The number of nitro benzene ring substituents is 2. The number of rotatable bonds is 41. The molecule has 1 unspecified atom stereocenters. The number of esters is 2. The standard InChI is InChI=1S/C43H76N3O12P/c1-3-5-7-9-11-13-15-17-19-21-23-25-27-29-42(47)55-36-39(58-43(48)30-28-26-24-22-20-18-16-14-12-10-8-6-4-2)37-57-59(53,54)56-34-33-44-40-32-31-38(45(49)50)35-41(40)46(51)52/h31-32,35,39,44H,3-30,33-34,36-37H2,1-2H3,(H,53,54)/t39-/m1/s1. The average Bonchev–Trinajstić information content (AvgIpc) is 3.21. The predicted molar refractivity (Wildman–Crippen MR) is 231 cm³/mol. The van der Waals surface area contributed by atoms with Gasteiger partial charge >= 0.3 is 19.8 Å². The number of anilines is 1. The van der Waals surface area contributed by atoms with Gasteiger partial charge < -0.3 is 19.7 Å². The minimum Gasteiger partial charge on any atom is -0.462 e. The summed E-state index contributed by atoms with van der Waals surface area (Å²) in [4.78, 5) is 56.4. The second-order valence-electron chi connectivity index (χ2n) is 15.5. The minimum absolute atomic E-state index is 0.0472. The van der Waals surface area contributed by atoms with Crippen LogP contribution in [0.25, 0.3) is 0 Å². The Labute approximate surface area is 353 Å². The number of benzene rings is 1. The number of nitrogens with zero attached hydrogens (tertiary/aromatic N) is 2. The summed E-state index contributed by atoms with van der Waals surface area (Å²) in [6, 6.07) is 3.04. The summed E-state index contributed by atoms with van der Waals surface area (Å²) in [5, 5.41) is 25.0. The smallest absolute Gasteiger partial charge is 0.462 e. The highest BCUT2D eigenvalue weighted by atomic mass is 31.2. The van der Waals surface area contributed by atoms with Crippen molar-refractivity contribution in [2.24, 2.45) is 0 Å². The normalized spacial score (nSPS) is 12.8. The number of ether oxygens (including phenoxy) is 2. The third-order valence-corrected chi connectivity index (χ3v) is 11.2. The van der Waals surface area contributed by atoms with Crippen molar-refractivity contribution < 1.29 is 47.4 Å². The van der Waals surface area contributed by atoms with Crippen molar-refractivity contribution in [1.29, 1.82) is 0 Å². The lowest BCUT2D eigenvalue weighted by Gasteiger charge is -2.20. The summed E-state index contributed by atoms with van der Waals surface area (Å²) in [7, 11) is -4.70. The lowest BCUT2D eigenvalue weighted by Crippen LogP contribution is -2.29. The maximum Gasteiger partial charge on any atom is 0.472 e. The molecule has 0 spiro atoms. The number of hydrogen-bond acceptors (Lipinski definition) is 12. The average molecular weight is 858 g/mol. The third-order valence-electron chi connectivity index (χ3n) is 10.2. The molecule has 0 fully saturated rings. The van der Waals surface area contributed by atoms with Gasteiger partial charge in [-0.05, 0) is 18.9 Å². The van der Waals surface area contributed by atoms with Gasteiger partial charge in [0, 0.05) is 25.5 Å². The van der Waals surface area contributed by atoms with Crippen molar-refractivity contribution in [1.82, 2.24) is 0 Å². The van der Waals surface area contributed by atoms with Crippen LogP contribution in [0, 0.1) is 20.2 Å². The Morgan fingerprint density at radius 1 is 0.644 bits per heavy atom. The van der Waals surface area contributed by atoms with E-state index in [9.17, 15) is 39.3 Å². The summed E-state index contributed by atoms with van der Waals surface area (Å²) >= 11 is 0. The van der Waals surface area contributed by atoms with Crippen molar-refractivity contribution in [3.8, 4) is 0 Å². The van der Waals surface area contributed by atoms with E-state index in [2.05, 4.69) is 19.2 Å². The number of unbranched alkanes of at least 4 members (excludes halogenated alkanes) is 24. The number of carbonyl (C=O) groups excluding carboxylic acids is 2. The zero-order valence-corrected chi connectivity index (χ0v) is 37.1. The highest BCUT2D eigenvalue weighted by Crippen LogP contribution is 2.43. The van der Waals surface area contributed by atoms with Gasteiger partial charge in [0.2, 0.25) is 0 Å². The first kappa shape index (κ1) is 53.9. The maximum atomic E-state index is 12.7. The topological polar surface area (TPSA) is 207 Å². The van der Waals surface area contributed by atoms with E-state index >= 15 is 0 Å². The Morgan fingerprint density at radius 3 is 1.53 bits per heavy atom. The Balaban J connectivity index is 2.50. The molecule has 2 atom stereocenters. The number of phosphoric acid groups is 1. The van der Waals surface area contributed by atoms with Crippen molar-refractivity contribution in [2.75, 3.05) is 31.7 Å². The van der Waals surface area contributed by atoms with E-state index in [1.54, 1.807) is 0 Å². The molecule has 15 nitrogen and oxygen atoms in total. The molecular weight excluding hydrogens is 781 g/mol. The first-order chi connectivity index (χ1) is 28.5. The van der Waals surface area contributed by atoms with E-state index in [4.69, 9.17) is 18.5 Å². The van der Waals surface area contributed by atoms with Gasteiger partial charge in [-0.15, -0.1) is 0 Å². The fourth-order valence-corrected chi connectivity index (χ4v) is 7.44. The molecule has 0 radical (unpaired) electrons. The van der Waals surface area contributed by atoms with Crippen molar-refractivity contribution in [2.45, 2.75) is 200 Å². The van der Waals surface area contributed by atoms with Crippen LogP contribution in [0.2, 0.25) is 0 Å². The van der Waals surface area contributed by atoms with Gasteiger partial charge in [-0.3, -0.25) is 38.9 Å². The van der Waals surface area contributed by atoms with Crippen molar-refractivity contribution in [3.05, 3.63) is 38.4 Å². The van der Waals surface area contributed by atoms with Crippen LogP contribution >= 0.6 is 7.82 Å². The highest BCUT2D eigenvalue weighted by Gasteiger charge is 2.26. The second-order valence-corrected chi connectivity index (χ2v) is 17.0. The molecule has 0 aliphatic carbocycles. The molecule has 0 amide bonds. The van der Waals surface area contributed by atoms with E-state index in [-0.39, 0.29) is 31.7 Å². The van der Waals surface area contributed by atoms with E-state index in [1.807, 2.05) is 0 Å². The first-order valence-electron chi connectivity index (χ1n) is 22.6. The Kier molecular flexibility index (Phi) is 32.5. The molecule has 1 rings (SSSR count). The van der Waals surface area contributed by atoms with Crippen LogP contribution in [0.1, 0.15) is 194 Å². The van der Waals surface area contributed by atoms with Crippen LogP contribution in [0.5, 0.6) is 0 Å². The van der Waals surface area contributed by atoms with Crippen LogP contribution in [-0.2, 0) is 32.7 Å². The third kappa shape index (κ3) is 30.5. The van der Waals surface area contributed by atoms with Gasteiger partial charge in [-0.2, -0.15) is 0 Å². The lowest BCUT2D eigenvalue weighted by atomic mass is 10.0. The van der Waals surface area contributed by atoms with Gasteiger partial charge in [0.25, 0.3) is 11.4 Å². The first-order valence-corrected chi connectivity index (χ1v) is 24.1. The maximum absolute atomic E-state index is 12.7. The molecule has 59 heavy (non-hydrogen) atoms. The molecule has 2 N–H and O–H groups in total. The molecule has 1 aromatic rings. The SMILES string of the molecule is CCCCCCCCCCCCCCCC(=O)OC[C@H](COP(=O)(O)OCCNc1ccc([N+](=O)[O-])cc1[N+](=O)[O-])OC(=O)CCCCCCCCCCCCCCC. The lowest BCUT2D eigenvalue weighted by molar-refractivity contribution is -0.393. The molecule has 0 saturated carbocycles. The molecular formula is C43H76N3O12P. The fraction of sp³-hybridized carbons (Fsp3) is 0.814. The molecule has 340 valence electrons. The van der Waals surface area contributed by atoms with E-state index in [1.165, 1.54) is 116 Å². The van der Waals surface area contributed by atoms with Crippen molar-refractivity contribution in [3.63, 3.8) is 0 Å². The van der Waals surface area contributed by atoms with Gasteiger partial charge in [0.05, 0.1) is 29.1 Å². The van der Waals surface area contributed by atoms with Crippen LogP contribution in [-0.4, -0.2) is 59.1 Å². The Bertz CT molecular complexity index is 1330. The van der Waals surface area contributed by atoms with E-state index < -0.39 is 60.3 Å². The van der Waals surface area contributed by atoms with Crippen LogP contribution in [0.3, 0.4) is 0 Å². The van der Waals surface area contributed by atoms with Gasteiger partial charge in [0.1, 0.15) is 12.3 Å². The van der Waals surface area contributed by atoms with Crippen LogP contribution in [0.15, 0.2) is 18.2 Å². The van der Waals surface area contributed by atoms with Crippen molar-refractivity contribution >= 4 is 36.8 Å². The second kappa shape index (κ2) is 35.6. The Morgan fingerprint density at radius 2 is 1.08 bits per heavy atom. The minimum atomic E-state index is -4.70. The zero-order chi connectivity index (χ0) is 43.4. The van der Waals surface area contributed by atoms with Crippen LogP contribution in [0.4, 0.5) is 17.1 Å². The Hall–Kier alpha value is -3.13. The number of carbonyl (C=O) groups is 2. The molecule has 16 heteroatoms. The fourth-order valence-electron chi connectivity index (χ4n) is 6.69. The van der Waals surface area contributed by atoms with Gasteiger partial charge in [0.15, 0.2) is 6.10 Å². The van der Waals surface area contributed by atoms with Crippen LogP contribution < -0.4 is 5.32 Å². The highest BCUT2D eigenvalue weighted by molar-refractivity contribution is 7.47. The van der Waals surface area contributed by atoms with Gasteiger partial charge in [-0.25, -0.2) is 4.57 Å². The molecule has 0 aromatic heterocycles. The number of phosphoric ester groups is 1. The number of nitro groups is 2. The monoisotopic (exact) mass is 858 g/mol. The summed E-state index contributed by atoms with van der Waals surface area (Å²) in [6.45, 7) is 2.91. The quantitative estimate of drug-likeness (QED) is 0.0207. The van der Waals surface area contributed by atoms with E-state index in [0.29, 0.717) is 12.8 Å². The van der Waals surface area contributed by atoms with E-state index in [0.717, 1.165) is 56.7 Å². The zero-order valence-electron chi connectivity index (χ0n) is 36.2. The number of non-ortho nitro benzene ring substituents is 1. The van der Waals surface area contributed by atoms with Gasteiger partial charge in [-0.1, -0.05) is 168 Å². The summed E-state index contributed by atoms with van der Waals surface area (Å²) in [6.07, 6.45) is 29.7. The number of hydrogen-bond donors (Lipinski definition) is 2. The predicted octanol–water partition coefficient (Wildman–Crippen LogP) is 12.5.